The molecule has 4 rings (SSSR count). The molecule has 0 spiro atoms. The fraction of sp³-hybridized carbons (Fsp3) is 0.0741. The van der Waals surface area contributed by atoms with Gasteiger partial charge in [0.15, 0.2) is 5.71 Å². The van der Waals surface area contributed by atoms with Crippen LogP contribution < -0.4 is 0 Å². The van der Waals surface area contributed by atoms with Gasteiger partial charge in [0.05, 0.1) is 0 Å². The van der Waals surface area contributed by atoms with E-state index in [1.54, 1.807) is 0 Å². The van der Waals surface area contributed by atoms with E-state index in [0.29, 0.717) is 5.03 Å². The highest BCUT2D eigenvalue weighted by Crippen LogP contribution is 2.33. The van der Waals surface area contributed by atoms with E-state index in [4.69, 9.17) is 16.3 Å². The quantitative estimate of drug-likeness (QED) is 0.534. The lowest BCUT2D eigenvalue weighted by Crippen LogP contribution is -2.09. The third-order valence-corrected chi connectivity index (χ3v) is 5.21. The molecule has 0 atom stereocenters. The van der Waals surface area contributed by atoms with Crippen molar-refractivity contribution in [2.45, 2.75) is 0 Å². The SMILES string of the molecule is C[N+](C)=C1C=CC(=C(Cl)C=C2C=C(c3ccccc3)OC(c3ccccc3)=C2)C=C1. The Morgan fingerprint density at radius 1 is 0.767 bits per heavy atom. The molecule has 0 saturated heterocycles. The van der Waals surface area contributed by atoms with Gasteiger partial charge in [-0.05, 0) is 41.5 Å². The number of halogens is 1. The highest BCUT2D eigenvalue weighted by molar-refractivity contribution is 6.32. The van der Waals surface area contributed by atoms with Crippen molar-refractivity contribution in [2.75, 3.05) is 14.1 Å². The van der Waals surface area contributed by atoms with Crippen LogP contribution in [0, 0.1) is 0 Å². The molecule has 148 valence electrons. The zero-order chi connectivity index (χ0) is 20.9. The van der Waals surface area contributed by atoms with Crippen LogP contribution in [0.15, 0.2) is 119 Å². The van der Waals surface area contributed by atoms with Gasteiger partial charge in [0, 0.05) is 28.3 Å². The molecule has 0 bridgehead atoms. The largest absolute Gasteiger partial charge is 0.456 e. The van der Waals surface area contributed by atoms with Gasteiger partial charge in [-0.2, -0.15) is 0 Å². The van der Waals surface area contributed by atoms with Crippen LogP contribution in [0.4, 0.5) is 0 Å². The van der Waals surface area contributed by atoms with E-state index in [2.05, 4.69) is 16.7 Å². The highest BCUT2D eigenvalue weighted by Gasteiger charge is 2.15. The van der Waals surface area contributed by atoms with Gasteiger partial charge < -0.3 is 4.74 Å². The average Bonchev–Trinajstić information content (AvgIpc) is 2.80. The van der Waals surface area contributed by atoms with E-state index in [-0.39, 0.29) is 0 Å². The second-order valence-electron chi connectivity index (χ2n) is 7.28. The third kappa shape index (κ3) is 4.61. The van der Waals surface area contributed by atoms with Crippen molar-refractivity contribution >= 4 is 28.8 Å². The van der Waals surface area contributed by atoms with Crippen LogP contribution in [0.3, 0.4) is 0 Å². The lowest BCUT2D eigenvalue weighted by molar-refractivity contribution is -0.462. The second-order valence-corrected chi connectivity index (χ2v) is 7.69. The van der Waals surface area contributed by atoms with Crippen LogP contribution in [0.25, 0.3) is 11.5 Å². The molecule has 3 heteroatoms. The molecule has 0 amide bonds. The summed E-state index contributed by atoms with van der Waals surface area (Å²) >= 11 is 6.69. The van der Waals surface area contributed by atoms with E-state index < -0.39 is 0 Å². The molecule has 2 aromatic carbocycles. The summed E-state index contributed by atoms with van der Waals surface area (Å²) in [6.45, 7) is 0. The van der Waals surface area contributed by atoms with Crippen molar-refractivity contribution in [1.29, 1.82) is 0 Å². The van der Waals surface area contributed by atoms with Crippen molar-refractivity contribution in [3.05, 3.63) is 131 Å². The van der Waals surface area contributed by atoms with Crippen LogP contribution in [0.1, 0.15) is 11.1 Å². The summed E-state index contributed by atoms with van der Waals surface area (Å²) in [5.41, 5.74) is 5.15. The lowest BCUT2D eigenvalue weighted by Gasteiger charge is -2.19. The van der Waals surface area contributed by atoms with Crippen LogP contribution >= 0.6 is 11.6 Å². The molecule has 0 saturated carbocycles. The molecule has 2 aliphatic rings. The first-order valence-corrected chi connectivity index (χ1v) is 10.2. The standard InChI is InChI=1S/C27H23ClNO/c1-29(2)24-15-13-21(14-16-24)25(28)17-20-18-26(22-9-5-3-6-10-22)30-27(19-20)23-11-7-4-8-12-23/h3-19H,1-2H3/q+1. The van der Waals surface area contributed by atoms with E-state index in [1.807, 2.05) is 105 Å². The molecular weight excluding hydrogens is 390 g/mol. The summed E-state index contributed by atoms with van der Waals surface area (Å²) < 4.78 is 8.31. The monoisotopic (exact) mass is 412 g/mol. The van der Waals surface area contributed by atoms with Crippen LogP contribution in [-0.4, -0.2) is 24.4 Å². The number of benzene rings is 2. The van der Waals surface area contributed by atoms with Crippen molar-refractivity contribution in [1.82, 2.24) is 0 Å². The predicted molar refractivity (Wildman–Crippen MR) is 126 cm³/mol. The van der Waals surface area contributed by atoms with Gasteiger partial charge in [0.25, 0.3) is 0 Å². The Kier molecular flexibility index (Phi) is 5.97. The summed E-state index contributed by atoms with van der Waals surface area (Å²) in [5.74, 6) is 1.60. The molecule has 1 aliphatic carbocycles. The molecule has 1 aliphatic heterocycles. The first-order chi connectivity index (χ1) is 14.6. The normalized spacial score (nSPS) is 15.4. The molecule has 2 aromatic rings. The Labute approximate surface area is 182 Å². The van der Waals surface area contributed by atoms with Crippen molar-refractivity contribution in [3.8, 4) is 0 Å². The van der Waals surface area contributed by atoms with Gasteiger partial charge in [-0.3, -0.25) is 0 Å². The Hall–Kier alpha value is -3.36. The Balaban J connectivity index is 1.74. The van der Waals surface area contributed by atoms with Crippen molar-refractivity contribution < 1.29 is 9.31 Å². The Bertz CT molecular complexity index is 1080. The van der Waals surface area contributed by atoms with Gasteiger partial charge in [0.2, 0.25) is 0 Å². The average molecular weight is 413 g/mol. The molecule has 30 heavy (non-hydrogen) atoms. The summed E-state index contributed by atoms with van der Waals surface area (Å²) in [6, 6.07) is 20.2. The van der Waals surface area contributed by atoms with Crippen LogP contribution in [0.5, 0.6) is 0 Å². The minimum Gasteiger partial charge on any atom is -0.456 e. The zero-order valence-electron chi connectivity index (χ0n) is 17.0. The van der Waals surface area contributed by atoms with Crippen LogP contribution in [-0.2, 0) is 4.74 Å². The number of nitrogens with zero attached hydrogens (tertiary/aromatic N) is 1. The van der Waals surface area contributed by atoms with Gasteiger partial charge in [-0.25, -0.2) is 4.58 Å². The van der Waals surface area contributed by atoms with Crippen LogP contribution in [0.2, 0.25) is 0 Å². The topological polar surface area (TPSA) is 12.2 Å². The summed E-state index contributed by atoms with van der Waals surface area (Å²) in [5, 5.41) is 0.685. The summed E-state index contributed by atoms with van der Waals surface area (Å²) in [4.78, 5) is 0. The molecule has 0 unspecified atom stereocenters. The fourth-order valence-electron chi connectivity index (χ4n) is 3.24. The Morgan fingerprint density at radius 2 is 1.27 bits per heavy atom. The van der Waals surface area contributed by atoms with E-state index in [0.717, 1.165) is 39.5 Å². The zero-order valence-corrected chi connectivity index (χ0v) is 17.8. The molecular formula is C27H23ClNO+. The minimum atomic E-state index is 0.685. The molecule has 2 nitrogen and oxygen atoms in total. The van der Waals surface area contributed by atoms with Crippen molar-refractivity contribution in [2.24, 2.45) is 0 Å². The molecule has 0 aromatic heterocycles. The molecule has 0 fully saturated rings. The van der Waals surface area contributed by atoms with Gasteiger partial charge in [-0.1, -0.05) is 72.3 Å². The van der Waals surface area contributed by atoms with E-state index in [9.17, 15) is 0 Å². The maximum Gasteiger partial charge on any atom is 0.199 e. The first-order valence-electron chi connectivity index (χ1n) is 9.84. The van der Waals surface area contributed by atoms with E-state index in [1.165, 1.54) is 0 Å². The van der Waals surface area contributed by atoms with E-state index >= 15 is 0 Å². The van der Waals surface area contributed by atoms with Gasteiger partial charge >= 0.3 is 0 Å². The molecule has 1 heterocycles. The first kappa shape index (κ1) is 19.9. The Morgan fingerprint density at radius 3 is 1.73 bits per heavy atom. The van der Waals surface area contributed by atoms with Gasteiger partial charge in [-0.15, -0.1) is 0 Å². The maximum atomic E-state index is 6.69. The second kappa shape index (κ2) is 8.98. The number of rotatable bonds is 3. The molecule has 0 N–H and O–H groups in total. The number of hydrogen-bond acceptors (Lipinski definition) is 1. The predicted octanol–water partition coefficient (Wildman–Crippen LogP) is 6.36. The number of hydrogen-bond donors (Lipinski definition) is 0. The summed E-state index contributed by atoms with van der Waals surface area (Å²) in [6.07, 6.45) is 14.3. The molecule has 0 radical (unpaired) electrons. The van der Waals surface area contributed by atoms with Gasteiger partial charge in [0.1, 0.15) is 25.6 Å². The number of ether oxygens (including phenoxy) is 1. The summed E-state index contributed by atoms with van der Waals surface area (Å²) in [7, 11) is 4.05. The van der Waals surface area contributed by atoms with Crippen molar-refractivity contribution in [3.63, 3.8) is 0 Å². The maximum absolute atomic E-state index is 6.69. The highest BCUT2D eigenvalue weighted by atomic mass is 35.5. The number of allylic oxidation sites excluding steroid dienone is 10. The smallest absolute Gasteiger partial charge is 0.199 e. The fourth-order valence-corrected chi connectivity index (χ4v) is 3.49. The third-order valence-electron chi connectivity index (χ3n) is 4.88. The lowest BCUT2D eigenvalue weighted by atomic mass is 10.0. The minimum absolute atomic E-state index is 0.685.